The van der Waals surface area contributed by atoms with Crippen molar-refractivity contribution in [2.75, 3.05) is 39.4 Å². The Bertz CT molecular complexity index is 933. The van der Waals surface area contributed by atoms with Crippen LogP contribution in [0.1, 0.15) is 220 Å². The number of esters is 2. The molecule has 0 aromatic heterocycles. The highest BCUT2D eigenvalue weighted by atomic mass is 16.6. The molecule has 1 atom stereocenters. The fraction of sp³-hybridized carbons (Fsp3) is 0.854. The minimum atomic E-state index is -0.757. The zero-order valence-electron chi connectivity index (χ0n) is 37.2. The van der Waals surface area contributed by atoms with Gasteiger partial charge in [0.15, 0.2) is 6.10 Å². The molecule has 0 aliphatic carbocycles. The van der Waals surface area contributed by atoms with Crippen LogP contribution in [0, 0.1) is 0 Å². The van der Waals surface area contributed by atoms with Gasteiger partial charge in [0.05, 0.1) is 6.54 Å². The van der Waals surface area contributed by atoms with Crippen molar-refractivity contribution in [1.29, 1.82) is 0 Å². The fourth-order valence-corrected chi connectivity index (χ4v) is 6.80. The molecule has 8 nitrogen and oxygen atoms in total. The van der Waals surface area contributed by atoms with Crippen LogP contribution < -0.4 is 5.32 Å². The highest BCUT2D eigenvalue weighted by Crippen LogP contribution is 2.13. The Labute approximate surface area is 346 Å². The van der Waals surface area contributed by atoms with Gasteiger partial charge in [-0.1, -0.05) is 155 Å². The highest BCUT2D eigenvalue weighted by molar-refractivity contribution is 5.70. The first-order valence-electron chi connectivity index (χ1n) is 23.7. The maximum absolute atomic E-state index is 12.8. The molecule has 8 heteroatoms. The third kappa shape index (κ3) is 39.9. The third-order valence-corrected chi connectivity index (χ3v) is 10.2. The monoisotopic (exact) mass is 791 g/mol. The van der Waals surface area contributed by atoms with E-state index in [-0.39, 0.29) is 31.7 Å². The number of nitrogens with one attached hydrogen (secondary N) is 1. The predicted octanol–water partition coefficient (Wildman–Crippen LogP) is 13.4. The summed E-state index contributed by atoms with van der Waals surface area (Å²) in [7, 11) is 0. The first-order chi connectivity index (χ1) is 27.5. The lowest BCUT2D eigenvalue weighted by molar-refractivity contribution is -0.158. The van der Waals surface area contributed by atoms with Crippen LogP contribution in [0.25, 0.3) is 0 Å². The van der Waals surface area contributed by atoms with Crippen molar-refractivity contribution in [2.45, 2.75) is 226 Å². The SMILES string of the molecule is CCCCCCCC/C=C\CCCCCCCC(=O)OCC(CNC(=O)OCCN(CCC)CCC)OC(=O)CCCCCCC/C=C\CCCCCCCC. The zero-order valence-corrected chi connectivity index (χ0v) is 37.2. The first-order valence-corrected chi connectivity index (χ1v) is 23.7. The van der Waals surface area contributed by atoms with Crippen LogP contribution in [0.4, 0.5) is 4.79 Å². The lowest BCUT2D eigenvalue weighted by Gasteiger charge is -2.21. The average molecular weight is 791 g/mol. The number of nitrogens with zero attached hydrogens (tertiary/aromatic N) is 1. The fourth-order valence-electron chi connectivity index (χ4n) is 6.80. The van der Waals surface area contributed by atoms with E-state index in [1.165, 1.54) is 109 Å². The van der Waals surface area contributed by atoms with Crippen LogP contribution in [0.15, 0.2) is 24.3 Å². The second-order valence-corrected chi connectivity index (χ2v) is 15.8. The number of allylic oxidation sites excluding steroid dienone is 4. The smallest absolute Gasteiger partial charge is 0.407 e. The van der Waals surface area contributed by atoms with Gasteiger partial charge in [-0.05, 0) is 90.1 Å². The Kier molecular flexibility index (Phi) is 41.9. The van der Waals surface area contributed by atoms with Crippen molar-refractivity contribution in [3.8, 4) is 0 Å². The molecule has 1 N–H and O–H groups in total. The molecular weight excluding hydrogens is 701 g/mol. The Morgan fingerprint density at radius 2 is 0.893 bits per heavy atom. The van der Waals surface area contributed by atoms with E-state index in [0.29, 0.717) is 19.4 Å². The zero-order chi connectivity index (χ0) is 41.0. The van der Waals surface area contributed by atoms with E-state index in [4.69, 9.17) is 14.2 Å². The molecule has 0 heterocycles. The van der Waals surface area contributed by atoms with Gasteiger partial charge in [0.2, 0.25) is 0 Å². The molecule has 0 spiro atoms. The molecule has 328 valence electrons. The lowest BCUT2D eigenvalue weighted by Crippen LogP contribution is -2.39. The van der Waals surface area contributed by atoms with Crippen LogP contribution in [-0.4, -0.2) is 68.4 Å². The van der Waals surface area contributed by atoms with Gasteiger partial charge in [-0.2, -0.15) is 0 Å². The molecule has 0 saturated heterocycles. The molecule has 56 heavy (non-hydrogen) atoms. The molecule has 0 fully saturated rings. The summed E-state index contributed by atoms with van der Waals surface area (Å²) in [6.07, 6.45) is 41.9. The van der Waals surface area contributed by atoms with Gasteiger partial charge in [-0.3, -0.25) is 14.5 Å². The highest BCUT2D eigenvalue weighted by Gasteiger charge is 2.19. The molecule has 0 rings (SSSR count). The molecule has 0 aliphatic rings. The van der Waals surface area contributed by atoms with Gasteiger partial charge >= 0.3 is 18.0 Å². The van der Waals surface area contributed by atoms with E-state index in [2.05, 4.69) is 62.2 Å². The second kappa shape index (κ2) is 43.8. The van der Waals surface area contributed by atoms with Crippen molar-refractivity contribution < 1.29 is 28.6 Å². The quantitative estimate of drug-likeness (QED) is 0.0285. The van der Waals surface area contributed by atoms with Crippen LogP contribution in [0.3, 0.4) is 0 Å². The normalized spacial score (nSPS) is 12.2. The van der Waals surface area contributed by atoms with E-state index < -0.39 is 12.2 Å². The van der Waals surface area contributed by atoms with Crippen LogP contribution in [-0.2, 0) is 23.8 Å². The molecule has 0 saturated carbocycles. The summed E-state index contributed by atoms with van der Waals surface area (Å²) in [4.78, 5) is 40.0. The summed E-state index contributed by atoms with van der Waals surface area (Å²) >= 11 is 0. The van der Waals surface area contributed by atoms with Crippen LogP contribution in [0.5, 0.6) is 0 Å². The number of ether oxygens (including phenoxy) is 3. The van der Waals surface area contributed by atoms with Gasteiger partial charge in [-0.15, -0.1) is 0 Å². The number of hydrogen-bond acceptors (Lipinski definition) is 7. The number of amides is 1. The summed E-state index contributed by atoms with van der Waals surface area (Å²) in [5, 5.41) is 2.71. The summed E-state index contributed by atoms with van der Waals surface area (Å²) < 4.78 is 16.6. The number of carbonyl (C=O) groups excluding carboxylic acids is 3. The number of rotatable bonds is 42. The lowest BCUT2D eigenvalue weighted by atomic mass is 10.1. The molecule has 0 aliphatic heterocycles. The molecule has 0 bridgehead atoms. The van der Waals surface area contributed by atoms with Crippen LogP contribution in [0.2, 0.25) is 0 Å². The van der Waals surface area contributed by atoms with Crippen molar-refractivity contribution in [3.05, 3.63) is 24.3 Å². The van der Waals surface area contributed by atoms with Gasteiger partial charge < -0.3 is 19.5 Å². The summed E-state index contributed by atoms with van der Waals surface area (Å²) in [6.45, 7) is 11.7. The number of carbonyl (C=O) groups is 3. The van der Waals surface area contributed by atoms with Crippen LogP contribution >= 0.6 is 0 Å². The molecule has 0 radical (unpaired) electrons. The molecule has 1 unspecified atom stereocenters. The van der Waals surface area contributed by atoms with E-state index in [1.807, 2.05) is 0 Å². The Morgan fingerprint density at radius 3 is 1.34 bits per heavy atom. The van der Waals surface area contributed by atoms with Gasteiger partial charge in [0.1, 0.15) is 13.2 Å². The number of hydrogen-bond donors (Lipinski definition) is 1. The van der Waals surface area contributed by atoms with Crippen molar-refractivity contribution in [1.82, 2.24) is 10.2 Å². The van der Waals surface area contributed by atoms with Gasteiger partial charge in [-0.25, -0.2) is 4.79 Å². The average Bonchev–Trinajstić information content (AvgIpc) is 3.19. The van der Waals surface area contributed by atoms with Crippen molar-refractivity contribution in [2.24, 2.45) is 0 Å². The summed E-state index contributed by atoms with van der Waals surface area (Å²) in [5.41, 5.74) is 0. The Balaban J connectivity index is 4.41. The van der Waals surface area contributed by atoms with Crippen molar-refractivity contribution in [3.63, 3.8) is 0 Å². The molecular formula is C48H90N2O6. The maximum atomic E-state index is 12.8. The number of alkyl carbamates (subject to hydrolysis) is 1. The van der Waals surface area contributed by atoms with E-state index >= 15 is 0 Å². The van der Waals surface area contributed by atoms with E-state index in [0.717, 1.165) is 83.7 Å². The first kappa shape index (κ1) is 53.6. The van der Waals surface area contributed by atoms with Gasteiger partial charge in [0.25, 0.3) is 0 Å². The van der Waals surface area contributed by atoms with E-state index in [9.17, 15) is 14.4 Å². The minimum Gasteiger partial charge on any atom is -0.462 e. The Hall–Kier alpha value is -2.35. The van der Waals surface area contributed by atoms with E-state index in [1.54, 1.807) is 0 Å². The standard InChI is InChI=1S/C48H90N2O6/c1-5-9-11-13-15-17-19-21-23-25-27-29-31-33-35-37-46(51)55-44-45(43-49-48(53)54-42-41-50(39-7-3)40-8-4)56-47(52)38-36-34-32-30-28-26-24-22-20-18-16-14-12-10-6-2/h21-24,45H,5-20,25-44H2,1-4H3,(H,49,53)/b23-21-,24-22-. The largest absolute Gasteiger partial charge is 0.462 e. The predicted molar refractivity (Wildman–Crippen MR) is 236 cm³/mol. The molecule has 0 aromatic carbocycles. The number of unbranched alkanes of at least 4 members (excludes halogenated alkanes) is 22. The summed E-state index contributed by atoms with van der Waals surface area (Å²) in [5.74, 6) is -0.624. The Morgan fingerprint density at radius 1 is 0.482 bits per heavy atom. The molecule has 1 amide bonds. The molecule has 0 aromatic rings. The topological polar surface area (TPSA) is 94.2 Å². The van der Waals surface area contributed by atoms with Gasteiger partial charge in [0, 0.05) is 19.4 Å². The second-order valence-electron chi connectivity index (χ2n) is 15.8. The summed E-state index contributed by atoms with van der Waals surface area (Å²) in [6, 6.07) is 0. The maximum Gasteiger partial charge on any atom is 0.407 e. The third-order valence-electron chi connectivity index (χ3n) is 10.2. The minimum absolute atomic E-state index is 0.0330. The van der Waals surface area contributed by atoms with Crippen molar-refractivity contribution >= 4 is 18.0 Å².